The van der Waals surface area contributed by atoms with Crippen LogP contribution in [0.25, 0.3) is 0 Å². The summed E-state index contributed by atoms with van der Waals surface area (Å²) < 4.78 is 13.8. The molecular weight excluding hydrogens is 465 g/mol. The van der Waals surface area contributed by atoms with Crippen molar-refractivity contribution in [3.05, 3.63) is 69.4 Å². The zero-order valence-electron chi connectivity index (χ0n) is 17.2. The van der Waals surface area contributed by atoms with E-state index in [1.54, 1.807) is 6.92 Å². The lowest BCUT2D eigenvalue weighted by Gasteiger charge is -2.24. The van der Waals surface area contributed by atoms with Gasteiger partial charge in [0.2, 0.25) is 5.91 Å². The fourth-order valence-corrected chi connectivity index (χ4v) is 4.70. The summed E-state index contributed by atoms with van der Waals surface area (Å²) in [6.07, 6.45) is 2.05. The molecule has 4 amide bonds. The van der Waals surface area contributed by atoms with E-state index in [9.17, 15) is 18.8 Å². The number of nitrogens with one attached hydrogen (secondary N) is 2. The van der Waals surface area contributed by atoms with Crippen LogP contribution < -0.4 is 10.6 Å². The predicted molar refractivity (Wildman–Crippen MR) is 116 cm³/mol. The number of nitrogens with zero attached hydrogens (tertiary/aromatic N) is 1. The van der Waals surface area contributed by atoms with E-state index in [1.165, 1.54) is 18.2 Å². The minimum Gasteiger partial charge on any atom is -0.347 e. The van der Waals surface area contributed by atoms with Crippen molar-refractivity contribution >= 4 is 33.8 Å². The number of urea groups is 1. The van der Waals surface area contributed by atoms with Crippen molar-refractivity contribution in [3.8, 4) is 0 Å². The number of hydrogen-bond donors (Lipinski definition) is 2. The van der Waals surface area contributed by atoms with Crippen molar-refractivity contribution in [1.29, 1.82) is 0 Å². The largest absolute Gasteiger partial charge is 0.347 e. The van der Waals surface area contributed by atoms with Crippen molar-refractivity contribution in [2.45, 2.75) is 38.3 Å². The van der Waals surface area contributed by atoms with E-state index in [0.29, 0.717) is 16.0 Å². The Hall–Kier alpha value is -2.74. The van der Waals surface area contributed by atoms with E-state index in [-0.39, 0.29) is 12.6 Å². The second-order valence-electron chi connectivity index (χ2n) is 8.36. The zero-order valence-corrected chi connectivity index (χ0v) is 18.8. The number of aryl methyl sites for hydroxylation is 1. The second-order valence-corrected chi connectivity index (χ2v) is 9.22. The molecule has 31 heavy (non-hydrogen) atoms. The van der Waals surface area contributed by atoms with Crippen LogP contribution in [-0.2, 0) is 15.1 Å². The lowest BCUT2D eigenvalue weighted by Crippen LogP contribution is -2.44. The Balaban J connectivity index is 1.49. The summed E-state index contributed by atoms with van der Waals surface area (Å²) in [5.41, 5.74) is 1.18. The van der Waals surface area contributed by atoms with Gasteiger partial charge in [-0.2, -0.15) is 0 Å². The van der Waals surface area contributed by atoms with Gasteiger partial charge >= 0.3 is 6.03 Å². The first-order valence-corrected chi connectivity index (χ1v) is 10.9. The Kier molecular flexibility index (Phi) is 5.60. The fraction of sp³-hybridized carbons (Fsp3) is 0.348. The van der Waals surface area contributed by atoms with E-state index < -0.39 is 29.2 Å². The summed E-state index contributed by atoms with van der Waals surface area (Å²) in [7, 11) is 0. The second kappa shape index (κ2) is 8.07. The summed E-state index contributed by atoms with van der Waals surface area (Å²) in [5.74, 6) is -1.06. The van der Waals surface area contributed by atoms with Crippen molar-refractivity contribution < 1.29 is 18.8 Å². The van der Waals surface area contributed by atoms with Crippen molar-refractivity contribution in [1.82, 2.24) is 15.5 Å². The van der Waals surface area contributed by atoms with Crippen LogP contribution in [0.15, 0.2) is 46.9 Å². The molecule has 6 nitrogen and oxygen atoms in total. The topological polar surface area (TPSA) is 78.5 Å². The number of halogens is 2. The van der Waals surface area contributed by atoms with Gasteiger partial charge in [0.25, 0.3) is 5.91 Å². The Morgan fingerprint density at radius 1 is 1.26 bits per heavy atom. The molecule has 162 valence electrons. The van der Waals surface area contributed by atoms with Gasteiger partial charge in [-0.1, -0.05) is 51.8 Å². The molecule has 8 heteroatoms. The van der Waals surface area contributed by atoms with Crippen LogP contribution in [0.4, 0.5) is 9.18 Å². The molecule has 1 saturated carbocycles. The maximum atomic E-state index is 13.5. The molecule has 1 saturated heterocycles. The molecule has 2 aliphatic rings. The first-order chi connectivity index (χ1) is 14.7. The van der Waals surface area contributed by atoms with E-state index in [2.05, 4.69) is 26.6 Å². The summed E-state index contributed by atoms with van der Waals surface area (Å²) >= 11 is 3.26. The highest BCUT2D eigenvalue weighted by atomic mass is 79.9. The van der Waals surface area contributed by atoms with Gasteiger partial charge in [-0.3, -0.25) is 14.5 Å². The molecule has 2 N–H and O–H groups in total. The quantitative estimate of drug-likeness (QED) is 0.605. The highest BCUT2D eigenvalue weighted by Gasteiger charge is 2.50. The molecule has 0 unspecified atom stereocenters. The lowest BCUT2D eigenvalue weighted by molar-refractivity contribution is -0.135. The molecule has 0 spiro atoms. The molecule has 1 aliphatic heterocycles. The van der Waals surface area contributed by atoms with Crippen LogP contribution in [0.2, 0.25) is 0 Å². The monoisotopic (exact) mass is 487 g/mol. The number of rotatable bonds is 6. The molecule has 2 atom stereocenters. The molecule has 0 aromatic heterocycles. The smallest absolute Gasteiger partial charge is 0.325 e. The van der Waals surface area contributed by atoms with Gasteiger partial charge in [-0.15, -0.1) is 0 Å². The first-order valence-electron chi connectivity index (χ1n) is 10.1. The lowest BCUT2D eigenvalue weighted by atomic mass is 9.92. The van der Waals surface area contributed by atoms with Crippen LogP contribution in [0, 0.1) is 18.7 Å². The third-order valence-corrected chi connectivity index (χ3v) is 6.55. The maximum Gasteiger partial charge on any atom is 0.325 e. The Bertz CT molecular complexity index is 1050. The number of amides is 4. The van der Waals surface area contributed by atoms with Gasteiger partial charge in [-0.05, 0) is 50.3 Å². The summed E-state index contributed by atoms with van der Waals surface area (Å²) in [4.78, 5) is 39.3. The number of hydrogen-bond acceptors (Lipinski definition) is 3. The first kappa shape index (κ1) is 21.5. The number of imide groups is 1. The summed E-state index contributed by atoms with van der Waals surface area (Å²) in [6, 6.07) is 11.1. The third kappa shape index (κ3) is 4.21. The van der Waals surface area contributed by atoms with Crippen molar-refractivity contribution in [2.75, 3.05) is 6.54 Å². The fourth-order valence-electron chi connectivity index (χ4n) is 3.96. The van der Waals surface area contributed by atoms with Gasteiger partial charge in [0.15, 0.2) is 0 Å². The van der Waals surface area contributed by atoms with E-state index in [4.69, 9.17) is 0 Å². The molecule has 2 fully saturated rings. The molecule has 4 rings (SSSR count). The van der Waals surface area contributed by atoms with Crippen LogP contribution in [0.1, 0.15) is 42.5 Å². The van der Waals surface area contributed by atoms with Gasteiger partial charge in [-0.25, -0.2) is 9.18 Å². The van der Waals surface area contributed by atoms with Crippen LogP contribution in [0.5, 0.6) is 0 Å². The standard InChI is InChI=1S/C23H23BrFN3O3/c1-13-3-5-14(6-4-13)20(15-7-8-15)26-19(29)12-28-21(30)23(2,27-22(28)31)17-10-9-16(25)11-18(17)24/h3-6,9-11,15,20H,7-8,12H2,1-2H3,(H,26,29)(H,27,31)/t20-,23-/m1/s1. The summed E-state index contributed by atoms with van der Waals surface area (Å²) in [5, 5.41) is 5.64. The summed E-state index contributed by atoms with van der Waals surface area (Å²) in [6.45, 7) is 3.17. The number of carbonyl (C=O) groups is 3. The Morgan fingerprint density at radius 3 is 2.55 bits per heavy atom. The van der Waals surface area contributed by atoms with Crippen LogP contribution in [0.3, 0.4) is 0 Å². The molecule has 1 aliphatic carbocycles. The van der Waals surface area contributed by atoms with Gasteiger partial charge in [0.05, 0.1) is 6.04 Å². The van der Waals surface area contributed by atoms with Gasteiger partial charge in [0, 0.05) is 10.0 Å². The van der Waals surface area contributed by atoms with Gasteiger partial charge in [0.1, 0.15) is 17.9 Å². The molecular formula is C23H23BrFN3O3. The molecule has 2 aromatic carbocycles. The van der Waals surface area contributed by atoms with Crippen LogP contribution in [-0.4, -0.2) is 29.3 Å². The van der Waals surface area contributed by atoms with Gasteiger partial charge < -0.3 is 10.6 Å². The molecule has 2 aromatic rings. The Morgan fingerprint density at radius 2 is 1.94 bits per heavy atom. The average Bonchev–Trinajstić information content (AvgIpc) is 3.52. The normalized spacial score (nSPS) is 21.7. The van der Waals surface area contributed by atoms with Crippen molar-refractivity contribution in [2.24, 2.45) is 5.92 Å². The molecule has 0 bridgehead atoms. The highest BCUT2D eigenvalue weighted by molar-refractivity contribution is 9.10. The van der Waals surface area contributed by atoms with E-state index in [1.807, 2.05) is 31.2 Å². The minimum absolute atomic E-state index is 0.147. The van der Waals surface area contributed by atoms with E-state index >= 15 is 0 Å². The van der Waals surface area contributed by atoms with Crippen LogP contribution >= 0.6 is 15.9 Å². The number of benzene rings is 2. The maximum absolute atomic E-state index is 13.5. The zero-order chi connectivity index (χ0) is 22.3. The predicted octanol–water partition coefficient (Wildman–Crippen LogP) is 3.93. The number of carbonyl (C=O) groups excluding carboxylic acids is 3. The SMILES string of the molecule is Cc1ccc([C@@H](NC(=O)CN2C(=O)N[C@](C)(c3ccc(F)cc3Br)C2=O)C2CC2)cc1. The average molecular weight is 488 g/mol. The minimum atomic E-state index is -1.39. The van der Waals surface area contributed by atoms with Crippen molar-refractivity contribution in [3.63, 3.8) is 0 Å². The third-order valence-electron chi connectivity index (χ3n) is 5.89. The van der Waals surface area contributed by atoms with E-state index in [0.717, 1.165) is 28.9 Å². The molecule has 1 heterocycles. The Labute approximate surface area is 188 Å². The molecule has 0 radical (unpaired) electrons. The highest BCUT2D eigenvalue weighted by Crippen LogP contribution is 2.41.